The van der Waals surface area contributed by atoms with Crippen LogP contribution in [0.4, 0.5) is 4.79 Å². The average molecular weight is 451 g/mol. The monoisotopic (exact) mass is 450 g/mol. The summed E-state index contributed by atoms with van der Waals surface area (Å²) < 4.78 is 32.4. The van der Waals surface area contributed by atoms with Gasteiger partial charge in [-0.2, -0.15) is 0 Å². The first-order valence-corrected chi connectivity index (χ1v) is 11.6. The molecule has 0 spiro atoms. The van der Waals surface area contributed by atoms with Crippen LogP contribution in [0.25, 0.3) is 0 Å². The molecule has 162 valence electrons. The van der Waals surface area contributed by atoms with Gasteiger partial charge in [-0.15, -0.1) is 0 Å². The number of alkyl carbamates (subject to hydrolysis) is 1. The second kappa shape index (κ2) is 7.87. The number of hydrogen-bond acceptors (Lipinski definition) is 5. The minimum absolute atomic E-state index is 0.0602. The van der Waals surface area contributed by atoms with Crippen molar-refractivity contribution in [1.29, 1.82) is 0 Å². The molecule has 0 heterocycles. The molecule has 0 saturated heterocycles. The predicted octanol–water partition coefficient (Wildman–Crippen LogP) is 3.81. The highest BCUT2D eigenvalue weighted by Gasteiger charge is 2.71. The molecule has 0 radical (unpaired) electrons. The van der Waals surface area contributed by atoms with E-state index in [4.69, 9.17) is 22.1 Å². The van der Waals surface area contributed by atoms with Crippen molar-refractivity contribution >= 4 is 27.5 Å². The van der Waals surface area contributed by atoms with Crippen molar-refractivity contribution in [3.05, 3.63) is 64.7 Å². The number of halogens is 1. The van der Waals surface area contributed by atoms with Crippen LogP contribution in [-0.2, 0) is 14.6 Å². The van der Waals surface area contributed by atoms with Crippen LogP contribution in [0.1, 0.15) is 37.8 Å². The molecule has 2 aromatic rings. The van der Waals surface area contributed by atoms with Gasteiger partial charge in [0.05, 0.1) is 10.4 Å². The summed E-state index contributed by atoms with van der Waals surface area (Å²) in [4.78, 5) is 12.7. The van der Waals surface area contributed by atoms with Crippen LogP contribution in [-0.4, -0.2) is 37.4 Å². The fraction of sp³-hybridized carbons (Fsp3) is 0.409. The Kier molecular flexibility index (Phi) is 5.93. The van der Waals surface area contributed by atoms with Crippen LogP contribution < -0.4 is 11.1 Å². The maximum absolute atomic E-state index is 13.5. The number of sulfone groups is 1. The number of nitrogens with one attached hydrogen (secondary N) is 1. The molecular formula is C22H27ClN2O4S. The number of nitrogens with two attached hydrogens (primary N) is 1. The molecule has 8 heteroatoms. The molecular weight excluding hydrogens is 424 g/mol. The molecule has 1 saturated carbocycles. The highest BCUT2D eigenvalue weighted by Crippen LogP contribution is 2.57. The number of hydrogen-bond donors (Lipinski definition) is 2. The summed E-state index contributed by atoms with van der Waals surface area (Å²) in [7, 11) is -3.78. The van der Waals surface area contributed by atoms with Gasteiger partial charge >= 0.3 is 6.09 Å². The van der Waals surface area contributed by atoms with E-state index in [1.165, 1.54) is 0 Å². The highest BCUT2D eigenvalue weighted by atomic mass is 35.5. The third kappa shape index (κ3) is 4.33. The number of amides is 1. The lowest BCUT2D eigenvalue weighted by molar-refractivity contribution is 0.0497. The van der Waals surface area contributed by atoms with Crippen LogP contribution in [0.15, 0.2) is 53.4 Å². The van der Waals surface area contributed by atoms with Crippen molar-refractivity contribution in [1.82, 2.24) is 5.32 Å². The number of carbonyl (C=O) groups excluding carboxylic acids is 1. The lowest BCUT2D eigenvalue weighted by atomic mass is 10.1. The first-order valence-electron chi connectivity index (χ1n) is 9.68. The van der Waals surface area contributed by atoms with E-state index >= 15 is 0 Å². The Labute approximate surface area is 182 Å². The largest absolute Gasteiger partial charge is 0.444 e. The van der Waals surface area contributed by atoms with E-state index in [2.05, 4.69) is 5.32 Å². The Bertz CT molecular complexity index is 1030. The standard InChI is InChI=1S/C22H27ClN2O4S/c1-14-5-11-17(12-6-14)30(27,28)19-18(15-7-9-16(23)10-8-15)22(19,13-24)25-20(26)29-21(2,3)4/h5-12,18-19H,13,24H2,1-4H3,(H,25,26)/t18-,19+,22-/m1/s1. The Hall–Kier alpha value is -2.09. The van der Waals surface area contributed by atoms with E-state index in [1.807, 2.05) is 6.92 Å². The maximum atomic E-state index is 13.5. The summed E-state index contributed by atoms with van der Waals surface area (Å²) >= 11 is 6.00. The Morgan fingerprint density at radius 1 is 1.13 bits per heavy atom. The van der Waals surface area contributed by atoms with Crippen LogP contribution in [0, 0.1) is 6.92 Å². The molecule has 1 amide bonds. The van der Waals surface area contributed by atoms with E-state index in [0.29, 0.717) is 5.02 Å². The normalized spacial score (nSPS) is 23.7. The number of ether oxygens (including phenoxy) is 1. The van der Waals surface area contributed by atoms with E-state index in [-0.39, 0.29) is 11.4 Å². The van der Waals surface area contributed by atoms with Crippen molar-refractivity contribution in [2.24, 2.45) is 5.73 Å². The summed E-state index contributed by atoms with van der Waals surface area (Å²) in [5.41, 5.74) is 5.85. The summed E-state index contributed by atoms with van der Waals surface area (Å²) in [5.74, 6) is -0.529. The molecule has 1 fully saturated rings. The zero-order valence-electron chi connectivity index (χ0n) is 17.5. The summed E-state index contributed by atoms with van der Waals surface area (Å²) in [6, 6.07) is 13.6. The van der Waals surface area contributed by atoms with Gasteiger partial charge in [-0.3, -0.25) is 0 Å². The van der Waals surface area contributed by atoms with Crippen molar-refractivity contribution in [2.45, 2.75) is 54.9 Å². The smallest absolute Gasteiger partial charge is 0.408 e. The fourth-order valence-electron chi connectivity index (χ4n) is 3.81. The lowest BCUT2D eigenvalue weighted by Gasteiger charge is -2.24. The fourth-order valence-corrected chi connectivity index (χ4v) is 6.28. The molecule has 1 aliphatic carbocycles. The molecule has 2 aromatic carbocycles. The number of rotatable bonds is 5. The maximum Gasteiger partial charge on any atom is 0.408 e. The highest BCUT2D eigenvalue weighted by molar-refractivity contribution is 7.92. The second-order valence-electron chi connectivity index (χ2n) is 8.68. The molecule has 3 atom stereocenters. The van der Waals surface area contributed by atoms with Gasteiger partial charge in [-0.05, 0) is 57.5 Å². The third-order valence-electron chi connectivity index (χ3n) is 5.24. The zero-order valence-corrected chi connectivity index (χ0v) is 19.0. The van der Waals surface area contributed by atoms with E-state index in [0.717, 1.165) is 11.1 Å². The van der Waals surface area contributed by atoms with Crippen LogP contribution in [0.2, 0.25) is 5.02 Å². The molecule has 30 heavy (non-hydrogen) atoms. The van der Waals surface area contributed by atoms with E-state index in [1.54, 1.807) is 69.3 Å². The number of aryl methyl sites for hydroxylation is 1. The SMILES string of the molecule is Cc1ccc(S(=O)(=O)[C@H]2[C@@H](c3ccc(Cl)cc3)[C@@]2(CN)NC(=O)OC(C)(C)C)cc1. The lowest BCUT2D eigenvalue weighted by Crippen LogP contribution is -2.49. The average Bonchev–Trinajstić information content (AvgIpc) is 3.30. The summed E-state index contributed by atoms with van der Waals surface area (Å²) in [6.45, 7) is 7.05. The Morgan fingerprint density at radius 3 is 2.20 bits per heavy atom. The van der Waals surface area contributed by atoms with E-state index < -0.39 is 38.2 Å². The summed E-state index contributed by atoms with van der Waals surface area (Å²) in [6.07, 6.45) is -0.700. The van der Waals surface area contributed by atoms with Crippen LogP contribution in [0.5, 0.6) is 0 Å². The molecule has 0 aliphatic heterocycles. The first kappa shape index (κ1) is 22.6. The first-order chi connectivity index (χ1) is 13.9. The molecule has 6 nitrogen and oxygen atoms in total. The van der Waals surface area contributed by atoms with Gasteiger partial charge in [0.1, 0.15) is 10.9 Å². The molecule has 0 bridgehead atoms. The molecule has 3 N–H and O–H groups in total. The van der Waals surface area contributed by atoms with Gasteiger partial charge in [0.25, 0.3) is 0 Å². The van der Waals surface area contributed by atoms with E-state index in [9.17, 15) is 13.2 Å². The quantitative estimate of drug-likeness (QED) is 0.721. The molecule has 1 aliphatic rings. The Balaban J connectivity index is 2.03. The minimum Gasteiger partial charge on any atom is -0.444 e. The zero-order chi connectivity index (χ0) is 22.3. The molecule has 3 rings (SSSR count). The number of carbonyl (C=O) groups is 1. The second-order valence-corrected chi connectivity index (χ2v) is 11.2. The van der Waals surface area contributed by atoms with Gasteiger partial charge in [-0.25, -0.2) is 13.2 Å². The van der Waals surface area contributed by atoms with Crippen molar-refractivity contribution in [3.63, 3.8) is 0 Å². The van der Waals surface area contributed by atoms with Gasteiger partial charge in [0.15, 0.2) is 9.84 Å². The van der Waals surface area contributed by atoms with Crippen molar-refractivity contribution in [2.75, 3.05) is 6.54 Å². The summed E-state index contributed by atoms with van der Waals surface area (Å²) in [5, 5.41) is 2.39. The Morgan fingerprint density at radius 2 is 1.70 bits per heavy atom. The van der Waals surface area contributed by atoms with Crippen molar-refractivity contribution < 1.29 is 17.9 Å². The van der Waals surface area contributed by atoms with Gasteiger partial charge in [0, 0.05) is 17.5 Å². The van der Waals surface area contributed by atoms with Crippen LogP contribution in [0.3, 0.4) is 0 Å². The topological polar surface area (TPSA) is 98.5 Å². The molecule has 0 unspecified atom stereocenters. The van der Waals surface area contributed by atoms with Gasteiger partial charge in [-0.1, -0.05) is 41.4 Å². The number of benzene rings is 2. The third-order valence-corrected chi connectivity index (χ3v) is 7.78. The molecule has 0 aromatic heterocycles. The van der Waals surface area contributed by atoms with Crippen molar-refractivity contribution in [3.8, 4) is 0 Å². The predicted molar refractivity (Wildman–Crippen MR) is 118 cm³/mol. The minimum atomic E-state index is -3.78. The van der Waals surface area contributed by atoms with Gasteiger partial charge < -0.3 is 15.8 Å². The van der Waals surface area contributed by atoms with Gasteiger partial charge in [0.2, 0.25) is 0 Å². The van der Waals surface area contributed by atoms with Crippen LogP contribution >= 0.6 is 11.6 Å².